The van der Waals surface area contributed by atoms with Crippen LogP contribution in [0.3, 0.4) is 0 Å². The van der Waals surface area contributed by atoms with Crippen LogP contribution in [0.5, 0.6) is 0 Å². The average molecular weight is 316 g/mol. The summed E-state index contributed by atoms with van der Waals surface area (Å²) in [5.74, 6) is -0.768. The van der Waals surface area contributed by atoms with Crippen LogP contribution in [0.4, 0.5) is 4.39 Å². The molecule has 0 aromatic heterocycles. The van der Waals surface area contributed by atoms with E-state index in [1.54, 1.807) is 0 Å². The topological polar surface area (TPSA) is 40.5 Å². The fraction of sp³-hybridized carbons (Fsp3) is 0.462. The summed E-state index contributed by atoms with van der Waals surface area (Å²) in [4.78, 5) is 12.8. The summed E-state index contributed by atoms with van der Waals surface area (Å²) >= 11 is 3.27. The van der Waals surface area contributed by atoms with Crippen LogP contribution in [-0.2, 0) is 11.3 Å². The Labute approximate surface area is 114 Å². The van der Waals surface area contributed by atoms with E-state index in [-0.39, 0.29) is 18.2 Å². The molecule has 0 aliphatic carbocycles. The summed E-state index contributed by atoms with van der Waals surface area (Å²) in [5, 5.41) is 8.75. The minimum absolute atomic E-state index is 0.222. The number of hydrogen-bond donors (Lipinski definition) is 1. The summed E-state index contributed by atoms with van der Waals surface area (Å²) in [5.41, 5.74) is 0.915. The number of likely N-dealkylation sites (tertiary alicyclic amines) is 1. The molecule has 1 unspecified atom stereocenters. The molecule has 0 spiro atoms. The maximum absolute atomic E-state index is 13.2. The van der Waals surface area contributed by atoms with Crippen LogP contribution in [0.2, 0.25) is 0 Å². The van der Waals surface area contributed by atoms with Crippen LogP contribution >= 0.6 is 15.9 Å². The van der Waals surface area contributed by atoms with Crippen molar-refractivity contribution in [2.24, 2.45) is 5.92 Å². The molecule has 0 saturated carbocycles. The molecule has 1 aliphatic heterocycles. The number of carboxylic acid groups (broad SMARTS) is 1. The van der Waals surface area contributed by atoms with E-state index in [1.807, 2.05) is 6.07 Å². The molecule has 1 N–H and O–H groups in total. The lowest BCUT2D eigenvalue weighted by molar-refractivity contribution is -0.138. The minimum atomic E-state index is -0.740. The largest absolute Gasteiger partial charge is 0.481 e. The normalized spacial score (nSPS) is 20.2. The average Bonchev–Trinajstić information content (AvgIpc) is 2.62. The van der Waals surface area contributed by atoms with Gasteiger partial charge < -0.3 is 5.11 Å². The number of carboxylic acids is 1. The van der Waals surface area contributed by atoms with E-state index in [0.717, 1.165) is 29.5 Å². The molecule has 5 heteroatoms. The molecule has 1 aliphatic rings. The maximum atomic E-state index is 13.2. The van der Waals surface area contributed by atoms with Gasteiger partial charge in [0, 0.05) is 24.0 Å². The number of rotatable bonds is 4. The van der Waals surface area contributed by atoms with Crippen molar-refractivity contribution in [1.29, 1.82) is 0 Å². The molecule has 0 radical (unpaired) electrons. The molecule has 1 heterocycles. The summed E-state index contributed by atoms with van der Waals surface area (Å²) in [6, 6.07) is 4.85. The second kappa shape index (κ2) is 5.80. The second-order valence-electron chi connectivity index (χ2n) is 4.77. The van der Waals surface area contributed by atoms with E-state index < -0.39 is 5.97 Å². The lowest BCUT2D eigenvalue weighted by Crippen LogP contribution is -2.21. The number of carbonyl (C=O) groups is 1. The SMILES string of the molecule is O=C(O)CC1CCN(Cc2cc(F)cc(Br)c2)C1. The zero-order valence-electron chi connectivity index (χ0n) is 9.90. The van der Waals surface area contributed by atoms with E-state index in [0.29, 0.717) is 6.54 Å². The lowest BCUT2D eigenvalue weighted by Gasteiger charge is -2.16. The van der Waals surface area contributed by atoms with Gasteiger partial charge in [-0.2, -0.15) is 0 Å². The van der Waals surface area contributed by atoms with Crippen molar-refractivity contribution in [3.63, 3.8) is 0 Å². The zero-order valence-corrected chi connectivity index (χ0v) is 11.5. The van der Waals surface area contributed by atoms with Gasteiger partial charge in [-0.05, 0) is 42.6 Å². The highest BCUT2D eigenvalue weighted by molar-refractivity contribution is 9.10. The first kappa shape index (κ1) is 13.5. The van der Waals surface area contributed by atoms with E-state index in [9.17, 15) is 9.18 Å². The van der Waals surface area contributed by atoms with Crippen molar-refractivity contribution in [1.82, 2.24) is 4.90 Å². The standard InChI is InChI=1S/C13H15BrFNO2/c14-11-3-10(4-12(15)6-11)8-16-2-1-9(7-16)5-13(17)18/h3-4,6,9H,1-2,5,7-8H2,(H,17,18). The number of benzene rings is 1. The van der Waals surface area contributed by atoms with Crippen molar-refractivity contribution in [2.75, 3.05) is 13.1 Å². The van der Waals surface area contributed by atoms with Gasteiger partial charge in [0.05, 0.1) is 0 Å². The molecule has 1 aromatic carbocycles. The summed E-state index contributed by atoms with van der Waals surface area (Å²) in [6.45, 7) is 2.33. The summed E-state index contributed by atoms with van der Waals surface area (Å²) in [6.07, 6.45) is 1.13. The number of aliphatic carboxylic acids is 1. The fourth-order valence-electron chi connectivity index (χ4n) is 2.43. The van der Waals surface area contributed by atoms with Gasteiger partial charge in [0.2, 0.25) is 0 Å². The van der Waals surface area contributed by atoms with E-state index in [2.05, 4.69) is 20.8 Å². The molecular formula is C13H15BrFNO2. The Morgan fingerprint density at radius 3 is 2.94 bits per heavy atom. The van der Waals surface area contributed by atoms with Crippen molar-refractivity contribution in [3.8, 4) is 0 Å². The molecule has 3 nitrogen and oxygen atoms in total. The first-order valence-electron chi connectivity index (χ1n) is 5.92. The Morgan fingerprint density at radius 2 is 2.28 bits per heavy atom. The third-order valence-corrected chi connectivity index (χ3v) is 3.62. The molecule has 98 valence electrons. The first-order valence-corrected chi connectivity index (χ1v) is 6.71. The molecule has 18 heavy (non-hydrogen) atoms. The smallest absolute Gasteiger partial charge is 0.303 e. The van der Waals surface area contributed by atoms with Gasteiger partial charge in [0.1, 0.15) is 5.82 Å². The predicted octanol–water partition coefficient (Wildman–Crippen LogP) is 2.88. The van der Waals surface area contributed by atoms with Gasteiger partial charge in [-0.25, -0.2) is 4.39 Å². The molecule has 0 bridgehead atoms. The number of nitrogens with zero attached hydrogens (tertiary/aromatic N) is 1. The molecule has 0 amide bonds. The first-order chi connectivity index (χ1) is 8.52. The van der Waals surface area contributed by atoms with Gasteiger partial charge >= 0.3 is 5.97 Å². The quantitative estimate of drug-likeness (QED) is 0.928. The Hall–Kier alpha value is -0.940. The van der Waals surface area contributed by atoms with Crippen molar-refractivity contribution in [2.45, 2.75) is 19.4 Å². The lowest BCUT2D eigenvalue weighted by atomic mass is 10.1. The summed E-state index contributed by atoms with van der Waals surface area (Å²) in [7, 11) is 0. The van der Waals surface area contributed by atoms with Crippen molar-refractivity contribution >= 4 is 21.9 Å². The van der Waals surface area contributed by atoms with E-state index in [4.69, 9.17) is 5.11 Å². The van der Waals surface area contributed by atoms with Crippen LogP contribution < -0.4 is 0 Å². The van der Waals surface area contributed by atoms with Gasteiger partial charge in [-0.1, -0.05) is 15.9 Å². The molecular weight excluding hydrogens is 301 g/mol. The van der Waals surface area contributed by atoms with Gasteiger partial charge in [0.25, 0.3) is 0 Å². The van der Waals surface area contributed by atoms with E-state index >= 15 is 0 Å². The van der Waals surface area contributed by atoms with Crippen molar-refractivity contribution < 1.29 is 14.3 Å². The molecule has 1 aromatic rings. The molecule has 1 fully saturated rings. The number of hydrogen-bond acceptors (Lipinski definition) is 2. The predicted molar refractivity (Wildman–Crippen MR) is 69.7 cm³/mol. The zero-order chi connectivity index (χ0) is 13.1. The fourth-order valence-corrected chi connectivity index (χ4v) is 2.94. The second-order valence-corrected chi connectivity index (χ2v) is 5.68. The highest BCUT2D eigenvalue weighted by Crippen LogP contribution is 2.23. The van der Waals surface area contributed by atoms with Crippen LogP contribution in [0.1, 0.15) is 18.4 Å². The van der Waals surface area contributed by atoms with Crippen LogP contribution in [0.15, 0.2) is 22.7 Å². The highest BCUT2D eigenvalue weighted by Gasteiger charge is 2.24. The summed E-state index contributed by atoms with van der Waals surface area (Å²) < 4.78 is 14.0. The maximum Gasteiger partial charge on any atom is 0.303 e. The number of halogens is 2. The van der Waals surface area contributed by atoms with Crippen molar-refractivity contribution in [3.05, 3.63) is 34.1 Å². The Kier molecular flexibility index (Phi) is 4.35. The van der Waals surface area contributed by atoms with Gasteiger partial charge in [-0.3, -0.25) is 9.69 Å². The Balaban J connectivity index is 1.93. The van der Waals surface area contributed by atoms with E-state index in [1.165, 1.54) is 12.1 Å². The molecule has 1 atom stereocenters. The van der Waals surface area contributed by atoms with Crippen LogP contribution in [-0.4, -0.2) is 29.1 Å². The Morgan fingerprint density at radius 1 is 1.50 bits per heavy atom. The minimum Gasteiger partial charge on any atom is -0.481 e. The van der Waals surface area contributed by atoms with Crippen LogP contribution in [0, 0.1) is 11.7 Å². The third-order valence-electron chi connectivity index (χ3n) is 3.16. The third kappa shape index (κ3) is 3.78. The molecule has 1 saturated heterocycles. The highest BCUT2D eigenvalue weighted by atomic mass is 79.9. The molecule has 2 rings (SSSR count). The van der Waals surface area contributed by atoms with Crippen LogP contribution in [0.25, 0.3) is 0 Å². The van der Waals surface area contributed by atoms with Gasteiger partial charge in [0.15, 0.2) is 0 Å². The van der Waals surface area contributed by atoms with Gasteiger partial charge in [-0.15, -0.1) is 0 Å². The monoisotopic (exact) mass is 315 g/mol. The Bertz CT molecular complexity index is 432.